The predicted molar refractivity (Wildman–Crippen MR) is 119 cm³/mol. The molecule has 152 valence electrons. The number of carbonyl (C=O) groups excluding carboxylic acids is 1. The number of anilines is 2. The second kappa shape index (κ2) is 8.74. The molecule has 2 aromatic heterocycles. The Labute approximate surface area is 181 Å². The standard InChI is InChI=1S/C20H16N4O3S3/c25-18(23-19-22-17(13-29-19)14-7-3-1-4-8-14)11-15-12-28-20(21-15)24-30(26,27)16-9-5-2-6-10-16/h1-10,12-13H,11H2,(H,21,24)(H,22,23,25). The van der Waals surface area contributed by atoms with Gasteiger partial charge in [-0.05, 0) is 12.1 Å². The van der Waals surface area contributed by atoms with Crippen LogP contribution in [0.15, 0.2) is 76.3 Å². The molecule has 4 rings (SSSR count). The first-order valence-corrected chi connectivity index (χ1v) is 12.1. The van der Waals surface area contributed by atoms with Gasteiger partial charge < -0.3 is 5.32 Å². The number of nitrogens with zero attached hydrogens (tertiary/aromatic N) is 2. The molecule has 0 saturated heterocycles. The molecule has 30 heavy (non-hydrogen) atoms. The summed E-state index contributed by atoms with van der Waals surface area (Å²) in [4.78, 5) is 21.1. The van der Waals surface area contributed by atoms with Crippen molar-refractivity contribution in [3.63, 3.8) is 0 Å². The van der Waals surface area contributed by atoms with E-state index in [0.29, 0.717) is 10.8 Å². The summed E-state index contributed by atoms with van der Waals surface area (Å²) in [6.07, 6.45) is 0.0177. The zero-order valence-electron chi connectivity index (χ0n) is 15.5. The van der Waals surface area contributed by atoms with Crippen molar-refractivity contribution >= 4 is 48.9 Å². The average Bonchev–Trinajstić information content (AvgIpc) is 3.38. The molecule has 1 amide bonds. The quantitative estimate of drug-likeness (QED) is 0.433. The van der Waals surface area contributed by atoms with Gasteiger partial charge >= 0.3 is 0 Å². The van der Waals surface area contributed by atoms with Gasteiger partial charge in [-0.15, -0.1) is 22.7 Å². The third-order valence-electron chi connectivity index (χ3n) is 3.99. The number of hydrogen-bond donors (Lipinski definition) is 2. The smallest absolute Gasteiger partial charge is 0.263 e. The summed E-state index contributed by atoms with van der Waals surface area (Å²) in [6, 6.07) is 17.7. The van der Waals surface area contributed by atoms with Crippen LogP contribution in [0.3, 0.4) is 0 Å². The minimum Gasteiger partial charge on any atom is -0.302 e. The molecule has 2 heterocycles. The van der Waals surface area contributed by atoms with Crippen molar-refractivity contribution in [1.29, 1.82) is 0 Å². The van der Waals surface area contributed by atoms with Gasteiger partial charge in [0.1, 0.15) is 0 Å². The van der Waals surface area contributed by atoms with E-state index < -0.39 is 10.0 Å². The number of amides is 1. The fraction of sp³-hybridized carbons (Fsp3) is 0.0500. The first-order chi connectivity index (χ1) is 14.5. The Morgan fingerprint density at radius 2 is 1.53 bits per heavy atom. The van der Waals surface area contributed by atoms with E-state index in [1.54, 1.807) is 23.6 Å². The SMILES string of the molecule is O=C(Cc1csc(NS(=O)(=O)c2ccccc2)n1)Nc1nc(-c2ccccc2)cs1. The third-order valence-corrected chi connectivity index (χ3v) is 7.04. The zero-order chi connectivity index (χ0) is 21.0. The van der Waals surface area contributed by atoms with Gasteiger partial charge in [-0.25, -0.2) is 18.4 Å². The van der Waals surface area contributed by atoms with Crippen LogP contribution in [-0.2, 0) is 21.2 Å². The van der Waals surface area contributed by atoms with E-state index in [1.807, 2.05) is 35.7 Å². The molecule has 0 aliphatic heterocycles. The van der Waals surface area contributed by atoms with Crippen molar-refractivity contribution < 1.29 is 13.2 Å². The van der Waals surface area contributed by atoms with Gasteiger partial charge in [0.25, 0.3) is 10.0 Å². The van der Waals surface area contributed by atoms with Crippen LogP contribution in [0, 0.1) is 0 Å². The maximum Gasteiger partial charge on any atom is 0.263 e. The van der Waals surface area contributed by atoms with Crippen LogP contribution in [0.5, 0.6) is 0 Å². The normalized spacial score (nSPS) is 11.2. The third kappa shape index (κ3) is 4.90. The van der Waals surface area contributed by atoms with Crippen LogP contribution in [0.4, 0.5) is 10.3 Å². The minimum absolute atomic E-state index is 0.0177. The van der Waals surface area contributed by atoms with Crippen LogP contribution in [0.2, 0.25) is 0 Å². The lowest BCUT2D eigenvalue weighted by Crippen LogP contribution is -2.15. The van der Waals surface area contributed by atoms with E-state index in [2.05, 4.69) is 20.0 Å². The highest BCUT2D eigenvalue weighted by molar-refractivity contribution is 7.93. The van der Waals surface area contributed by atoms with E-state index in [0.717, 1.165) is 22.6 Å². The largest absolute Gasteiger partial charge is 0.302 e. The molecule has 0 bridgehead atoms. The Hall–Kier alpha value is -3.08. The molecule has 0 spiro atoms. The number of thiazole rings is 2. The number of benzene rings is 2. The van der Waals surface area contributed by atoms with Crippen LogP contribution in [-0.4, -0.2) is 24.3 Å². The van der Waals surface area contributed by atoms with Gasteiger partial charge in [-0.1, -0.05) is 48.5 Å². The molecule has 2 N–H and O–H groups in total. The van der Waals surface area contributed by atoms with Gasteiger partial charge in [-0.2, -0.15) is 0 Å². The molecule has 2 aromatic carbocycles. The van der Waals surface area contributed by atoms with Crippen LogP contribution < -0.4 is 10.0 Å². The number of carbonyl (C=O) groups is 1. The Morgan fingerprint density at radius 1 is 0.867 bits per heavy atom. The van der Waals surface area contributed by atoms with Gasteiger partial charge in [0.05, 0.1) is 22.7 Å². The molecular weight excluding hydrogens is 440 g/mol. The van der Waals surface area contributed by atoms with Crippen LogP contribution >= 0.6 is 22.7 Å². The number of nitrogens with one attached hydrogen (secondary N) is 2. The van der Waals surface area contributed by atoms with Crippen molar-refractivity contribution in [2.75, 3.05) is 10.0 Å². The molecule has 0 saturated carbocycles. The van der Waals surface area contributed by atoms with Crippen molar-refractivity contribution in [3.8, 4) is 11.3 Å². The molecule has 0 aliphatic carbocycles. The molecule has 0 fully saturated rings. The first-order valence-electron chi connectivity index (χ1n) is 8.83. The number of rotatable bonds is 7. The summed E-state index contributed by atoms with van der Waals surface area (Å²) in [5, 5.41) is 7.00. The minimum atomic E-state index is -3.71. The number of hydrogen-bond acceptors (Lipinski definition) is 7. The highest BCUT2D eigenvalue weighted by Crippen LogP contribution is 2.25. The Balaban J connectivity index is 1.37. The maximum atomic E-state index is 12.4. The van der Waals surface area contributed by atoms with Crippen molar-refractivity contribution in [2.45, 2.75) is 11.3 Å². The van der Waals surface area contributed by atoms with E-state index in [4.69, 9.17) is 0 Å². The number of aromatic nitrogens is 2. The summed E-state index contributed by atoms with van der Waals surface area (Å²) < 4.78 is 27.2. The summed E-state index contributed by atoms with van der Waals surface area (Å²) in [5.74, 6) is -0.272. The van der Waals surface area contributed by atoms with Gasteiger partial charge in [0, 0.05) is 16.3 Å². The predicted octanol–water partition coefficient (Wildman–Crippen LogP) is 4.25. The summed E-state index contributed by atoms with van der Waals surface area (Å²) in [5.41, 5.74) is 2.24. The molecular formula is C20H16N4O3S3. The molecule has 10 heteroatoms. The topological polar surface area (TPSA) is 101 Å². The second-order valence-corrected chi connectivity index (χ2v) is 9.59. The second-order valence-electron chi connectivity index (χ2n) is 6.19. The van der Waals surface area contributed by atoms with Gasteiger partial charge in [0.2, 0.25) is 5.91 Å². The van der Waals surface area contributed by atoms with Gasteiger partial charge in [0.15, 0.2) is 10.3 Å². The lowest BCUT2D eigenvalue weighted by Gasteiger charge is -2.04. The highest BCUT2D eigenvalue weighted by Gasteiger charge is 2.17. The molecule has 4 aromatic rings. The van der Waals surface area contributed by atoms with Crippen molar-refractivity contribution in [1.82, 2.24) is 9.97 Å². The van der Waals surface area contributed by atoms with Crippen molar-refractivity contribution in [3.05, 3.63) is 77.1 Å². The molecule has 0 radical (unpaired) electrons. The fourth-order valence-corrected chi connectivity index (χ4v) is 5.33. The van der Waals surface area contributed by atoms with E-state index >= 15 is 0 Å². The molecule has 7 nitrogen and oxygen atoms in total. The van der Waals surface area contributed by atoms with Gasteiger partial charge in [-0.3, -0.25) is 9.52 Å². The summed E-state index contributed by atoms with van der Waals surface area (Å²) in [6.45, 7) is 0. The first kappa shape index (κ1) is 20.2. The van der Waals surface area contributed by atoms with E-state index in [-0.39, 0.29) is 22.4 Å². The molecule has 0 unspecified atom stereocenters. The summed E-state index contributed by atoms with van der Waals surface area (Å²) >= 11 is 2.47. The van der Waals surface area contributed by atoms with E-state index in [9.17, 15) is 13.2 Å². The molecule has 0 aliphatic rings. The molecule has 0 atom stereocenters. The van der Waals surface area contributed by atoms with Crippen LogP contribution in [0.1, 0.15) is 5.69 Å². The Morgan fingerprint density at radius 3 is 2.27 bits per heavy atom. The average molecular weight is 457 g/mol. The zero-order valence-corrected chi connectivity index (χ0v) is 17.9. The number of sulfonamides is 1. The maximum absolute atomic E-state index is 12.4. The van der Waals surface area contributed by atoms with E-state index in [1.165, 1.54) is 23.5 Å². The van der Waals surface area contributed by atoms with Crippen LogP contribution in [0.25, 0.3) is 11.3 Å². The Bertz CT molecular complexity index is 1250. The van der Waals surface area contributed by atoms with Crippen molar-refractivity contribution in [2.24, 2.45) is 0 Å². The lowest BCUT2D eigenvalue weighted by atomic mass is 10.2. The lowest BCUT2D eigenvalue weighted by molar-refractivity contribution is -0.115. The summed E-state index contributed by atoms with van der Waals surface area (Å²) in [7, 11) is -3.71. The fourth-order valence-electron chi connectivity index (χ4n) is 2.61. The monoisotopic (exact) mass is 456 g/mol. The highest BCUT2D eigenvalue weighted by atomic mass is 32.2. The Kier molecular flexibility index (Phi) is 5.88.